The number of benzene rings is 3. The van der Waals surface area contributed by atoms with Crippen molar-refractivity contribution >= 4 is 17.5 Å². The van der Waals surface area contributed by atoms with Crippen LogP contribution in [0.3, 0.4) is 0 Å². The number of carbonyl (C=O) groups is 2. The largest absolute Gasteiger partial charge is 0.493 e. The van der Waals surface area contributed by atoms with E-state index in [0.29, 0.717) is 35.3 Å². The highest BCUT2D eigenvalue weighted by atomic mass is 19.1. The minimum atomic E-state index is -0.608. The molecule has 3 rings (SSSR count). The fourth-order valence-corrected chi connectivity index (χ4v) is 3.36. The van der Waals surface area contributed by atoms with Gasteiger partial charge in [0.1, 0.15) is 5.82 Å². The molecule has 0 saturated carbocycles. The maximum Gasteiger partial charge on any atom is 0.258 e. The Bertz CT molecular complexity index is 1190. The number of hydrogen-bond acceptors (Lipinski definition) is 4. The first-order valence-corrected chi connectivity index (χ1v) is 11.5. The van der Waals surface area contributed by atoms with Crippen LogP contribution in [-0.4, -0.2) is 25.5 Å². The van der Waals surface area contributed by atoms with Crippen LogP contribution in [0.15, 0.2) is 60.7 Å². The van der Waals surface area contributed by atoms with Crippen LogP contribution in [0.1, 0.15) is 52.1 Å². The second kappa shape index (κ2) is 12.0. The van der Waals surface area contributed by atoms with Crippen LogP contribution in [0.25, 0.3) is 0 Å². The van der Waals surface area contributed by atoms with Gasteiger partial charge < -0.3 is 20.1 Å². The maximum atomic E-state index is 13.9. The van der Waals surface area contributed by atoms with Crippen LogP contribution in [0.5, 0.6) is 11.5 Å². The number of hydrogen-bond donors (Lipinski definition) is 2. The molecule has 2 N–H and O–H groups in total. The Hall–Kier alpha value is -3.87. The van der Waals surface area contributed by atoms with Crippen LogP contribution < -0.4 is 20.1 Å². The lowest BCUT2D eigenvalue weighted by Crippen LogP contribution is -2.23. The number of aryl methyl sites for hydroxylation is 1. The van der Waals surface area contributed by atoms with Crippen molar-refractivity contribution in [2.75, 3.05) is 19.0 Å². The highest BCUT2D eigenvalue weighted by Crippen LogP contribution is 2.28. The summed E-state index contributed by atoms with van der Waals surface area (Å²) in [5.74, 6) is 0.328. The molecule has 184 valence electrons. The topological polar surface area (TPSA) is 76.7 Å². The number of amides is 2. The molecule has 0 radical (unpaired) electrons. The van der Waals surface area contributed by atoms with E-state index < -0.39 is 11.7 Å². The smallest absolute Gasteiger partial charge is 0.258 e. The highest BCUT2D eigenvalue weighted by Gasteiger charge is 2.14. The van der Waals surface area contributed by atoms with Gasteiger partial charge in [0.15, 0.2) is 11.5 Å². The first-order valence-electron chi connectivity index (χ1n) is 11.5. The van der Waals surface area contributed by atoms with Crippen molar-refractivity contribution in [3.05, 3.63) is 88.7 Å². The van der Waals surface area contributed by atoms with Crippen molar-refractivity contribution in [3.63, 3.8) is 0 Å². The number of ether oxygens (including phenoxy) is 2. The van der Waals surface area contributed by atoms with Crippen molar-refractivity contribution in [1.82, 2.24) is 5.32 Å². The van der Waals surface area contributed by atoms with Gasteiger partial charge in [0, 0.05) is 17.8 Å². The van der Waals surface area contributed by atoms with E-state index >= 15 is 0 Å². The van der Waals surface area contributed by atoms with E-state index in [1.807, 2.05) is 18.2 Å². The SMILES string of the molecule is COc1cc(CNC(=O)c2ccc(C)c(NC(=O)c3ccccc3F)c2)ccc1OCCC(C)C. The quantitative estimate of drug-likeness (QED) is 0.389. The Morgan fingerprint density at radius 2 is 1.74 bits per heavy atom. The zero-order chi connectivity index (χ0) is 25.4. The average Bonchev–Trinajstić information content (AvgIpc) is 2.84. The number of nitrogens with one attached hydrogen (secondary N) is 2. The fraction of sp³-hybridized carbons (Fsp3) is 0.286. The Morgan fingerprint density at radius 3 is 2.46 bits per heavy atom. The van der Waals surface area contributed by atoms with Gasteiger partial charge in [0.2, 0.25) is 0 Å². The van der Waals surface area contributed by atoms with Crippen molar-refractivity contribution in [2.45, 2.75) is 33.7 Å². The van der Waals surface area contributed by atoms with Gasteiger partial charge >= 0.3 is 0 Å². The molecule has 0 aliphatic carbocycles. The van der Waals surface area contributed by atoms with E-state index in [2.05, 4.69) is 24.5 Å². The molecule has 0 atom stereocenters. The minimum Gasteiger partial charge on any atom is -0.493 e. The van der Waals surface area contributed by atoms with Gasteiger partial charge in [-0.2, -0.15) is 0 Å². The summed E-state index contributed by atoms with van der Waals surface area (Å²) < 4.78 is 25.2. The van der Waals surface area contributed by atoms with Crippen LogP contribution in [0.4, 0.5) is 10.1 Å². The first-order chi connectivity index (χ1) is 16.8. The molecule has 2 amide bonds. The summed E-state index contributed by atoms with van der Waals surface area (Å²) in [5.41, 5.74) is 2.36. The second-order valence-corrected chi connectivity index (χ2v) is 8.66. The van der Waals surface area contributed by atoms with E-state index in [1.165, 1.54) is 18.2 Å². The maximum absolute atomic E-state index is 13.9. The number of halogens is 1. The lowest BCUT2D eigenvalue weighted by atomic mass is 10.1. The number of carbonyl (C=O) groups excluding carboxylic acids is 2. The third-order valence-corrected chi connectivity index (χ3v) is 5.50. The molecule has 0 spiro atoms. The molecule has 35 heavy (non-hydrogen) atoms. The third-order valence-electron chi connectivity index (χ3n) is 5.50. The van der Waals surface area contributed by atoms with E-state index in [0.717, 1.165) is 17.5 Å². The van der Waals surface area contributed by atoms with Crippen molar-refractivity contribution in [2.24, 2.45) is 5.92 Å². The zero-order valence-electron chi connectivity index (χ0n) is 20.5. The number of methoxy groups -OCH3 is 1. The van der Waals surface area contributed by atoms with Crippen molar-refractivity contribution < 1.29 is 23.5 Å². The summed E-state index contributed by atoms with van der Waals surface area (Å²) >= 11 is 0. The lowest BCUT2D eigenvalue weighted by molar-refractivity contribution is 0.0949. The molecular weight excluding hydrogens is 447 g/mol. The molecule has 0 saturated heterocycles. The van der Waals surface area contributed by atoms with E-state index in [1.54, 1.807) is 38.3 Å². The normalized spacial score (nSPS) is 10.7. The molecule has 0 aliphatic rings. The molecule has 6 nitrogen and oxygen atoms in total. The van der Waals surface area contributed by atoms with E-state index in [9.17, 15) is 14.0 Å². The zero-order valence-corrected chi connectivity index (χ0v) is 20.5. The van der Waals surface area contributed by atoms with Gasteiger partial charge in [-0.25, -0.2) is 4.39 Å². The van der Waals surface area contributed by atoms with Gasteiger partial charge in [0.05, 0.1) is 19.3 Å². The average molecular weight is 479 g/mol. The Labute approximate surface area is 205 Å². The molecule has 0 aliphatic heterocycles. The van der Waals surface area contributed by atoms with Crippen molar-refractivity contribution in [3.8, 4) is 11.5 Å². The van der Waals surface area contributed by atoms with Gasteiger partial charge in [-0.1, -0.05) is 38.1 Å². The molecular formula is C28H31FN2O4. The Kier molecular flexibility index (Phi) is 8.84. The van der Waals surface area contributed by atoms with Gasteiger partial charge in [0.25, 0.3) is 11.8 Å². The van der Waals surface area contributed by atoms with E-state index in [4.69, 9.17) is 9.47 Å². The standard InChI is InChI=1S/C28H31FN2O4/c1-18(2)13-14-35-25-12-10-20(15-26(25)34-4)17-30-27(32)21-11-9-19(3)24(16-21)31-28(33)22-7-5-6-8-23(22)29/h5-12,15-16,18H,13-14,17H2,1-4H3,(H,30,32)(H,31,33). The first kappa shape index (κ1) is 25.7. The predicted octanol–water partition coefficient (Wildman–Crippen LogP) is 5.75. The highest BCUT2D eigenvalue weighted by molar-refractivity contribution is 6.05. The van der Waals surface area contributed by atoms with Crippen LogP contribution in [-0.2, 0) is 6.54 Å². The van der Waals surface area contributed by atoms with Gasteiger partial charge in [-0.15, -0.1) is 0 Å². The molecule has 0 aromatic heterocycles. The predicted molar refractivity (Wildman–Crippen MR) is 135 cm³/mol. The van der Waals surface area contributed by atoms with E-state index in [-0.39, 0.29) is 18.0 Å². The molecule has 3 aromatic rings. The van der Waals surface area contributed by atoms with Crippen LogP contribution in [0.2, 0.25) is 0 Å². The summed E-state index contributed by atoms with van der Waals surface area (Å²) in [6.45, 7) is 6.97. The van der Waals surface area contributed by atoms with Gasteiger partial charge in [-0.05, 0) is 66.8 Å². The molecule has 7 heteroatoms. The summed E-state index contributed by atoms with van der Waals surface area (Å²) in [7, 11) is 1.58. The number of anilines is 1. The Morgan fingerprint density at radius 1 is 0.971 bits per heavy atom. The number of rotatable bonds is 10. The van der Waals surface area contributed by atoms with Crippen molar-refractivity contribution in [1.29, 1.82) is 0 Å². The monoisotopic (exact) mass is 478 g/mol. The molecule has 0 unspecified atom stereocenters. The molecule has 0 fully saturated rings. The minimum absolute atomic E-state index is 0.0627. The second-order valence-electron chi connectivity index (χ2n) is 8.66. The molecule has 0 bridgehead atoms. The summed E-state index contributed by atoms with van der Waals surface area (Å²) in [4.78, 5) is 25.3. The van der Waals surface area contributed by atoms with Crippen LogP contribution in [0, 0.1) is 18.7 Å². The summed E-state index contributed by atoms with van der Waals surface area (Å²) in [5, 5.41) is 5.57. The molecule has 3 aromatic carbocycles. The Balaban J connectivity index is 1.65. The molecule has 0 heterocycles. The van der Waals surface area contributed by atoms with Crippen LogP contribution >= 0.6 is 0 Å². The van der Waals surface area contributed by atoms with Gasteiger partial charge in [-0.3, -0.25) is 9.59 Å². The summed E-state index contributed by atoms with van der Waals surface area (Å²) in [6.07, 6.45) is 0.945. The third kappa shape index (κ3) is 7.06. The lowest BCUT2D eigenvalue weighted by Gasteiger charge is -2.14. The fourth-order valence-electron chi connectivity index (χ4n) is 3.36. The summed E-state index contributed by atoms with van der Waals surface area (Å²) in [6, 6.07) is 16.3.